The van der Waals surface area contributed by atoms with Crippen LogP contribution in [0.2, 0.25) is 0 Å². The number of carbonyl (C=O) groups excluding carboxylic acids is 1. The van der Waals surface area contributed by atoms with E-state index in [1.54, 1.807) is 0 Å². The van der Waals surface area contributed by atoms with E-state index in [1.165, 1.54) is 0 Å². The Hall–Kier alpha value is -1.64. The van der Waals surface area contributed by atoms with Gasteiger partial charge in [-0.2, -0.15) is 0 Å². The Kier molecular flexibility index (Phi) is 9.27. The molecule has 0 N–H and O–H groups in total. The first-order valence-corrected chi connectivity index (χ1v) is 7.11. The van der Waals surface area contributed by atoms with E-state index in [1.807, 2.05) is 6.92 Å². The van der Waals surface area contributed by atoms with Crippen LogP contribution in [0.25, 0.3) is 0 Å². The Morgan fingerprint density at radius 2 is 1.35 bits per heavy atom. The van der Waals surface area contributed by atoms with Crippen LogP contribution in [-0.2, 0) is 18.9 Å². The summed E-state index contributed by atoms with van der Waals surface area (Å²) in [4.78, 5) is 11.5. The molecule has 0 radical (unpaired) electrons. The topological polar surface area (TPSA) is 54.0 Å². The number of hydrogen-bond donors (Lipinski definition) is 0. The van der Waals surface area contributed by atoms with Gasteiger partial charge in [-0.25, -0.2) is 18.0 Å². The fourth-order valence-corrected chi connectivity index (χ4v) is 1.59. The normalized spacial score (nSPS) is 10.8. The minimum Gasteiger partial charge on any atom is -0.459 e. The molecule has 0 heterocycles. The molecule has 0 fully saturated rings. The molecule has 8 heteroatoms. The van der Waals surface area contributed by atoms with Crippen molar-refractivity contribution in [3.8, 4) is 0 Å². The van der Waals surface area contributed by atoms with Crippen molar-refractivity contribution in [2.75, 3.05) is 46.2 Å². The maximum atomic E-state index is 13.3. The first-order chi connectivity index (χ1) is 11.1. The third kappa shape index (κ3) is 7.45. The SMILES string of the molecule is CCOCCOCCOCCOC(=O)c1c(F)cc(F)cc1F. The maximum Gasteiger partial charge on any atom is 0.344 e. The quantitative estimate of drug-likeness (QED) is 0.459. The van der Waals surface area contributed by atoms with Crippen molar-refractivity contribution in [3.63, 3.8) is 0 Å². The van der Waals surface area contributed by atoms with Crippen molar-refractivity contribution in [1.29, 1.82) is 0 Å². The van der Waals surface area contributed by atoms with Gasteiger partial charge in [0.1, 0.15) is 29.6 Å². The number of rotatable bonds is 11. The average Bonchev–Trinajstić information content (AvgIpc) is 2.48. The molecule has 0 atom stereocenters. The van der Waals surface area contributed by atoms with E-state index in [2.05, 4.69) is 4.74 Å². The molecule has 0 unspecified atom stereocenters. The summed E-state index contributed by atoms with van der Waals surface area (Å²) in [6.45, 7) is 3.96. The van der Waals surface area contributed by atoms with E-state index in [0.29, 0.717) is 38.6 Å². The summed E-state index contributed by atoms with van der Waals surface area (Å²) >= 11 is 0. The van der Waals surface area contributed by atoms with E-state index in [0.717, 1.165) is 0 Å². The molecule has 1 rings (SSSR count). The van der Waals surface area contributed by atoms with Gasteiger partial charge in [0.15, 0.2) is 0 Å². The van der Waals surface area contributed by atoms with Crippen LogP contribution in [0, 0.1) is 17.5 Å². The highest BCUT2D eigenvalue weighted by atomic mass is 19.1. The summed E-state index contributed by atoms with van der Waals surface area (Å²) in [6.07, 6.45) is 0. The number of halogens is 3. The lowest BCUT2D eigenvalue weighted by atomic mass is 10.2. The largest absolute Gasteiger partial charge is 0.459 e. The van der Waals surface area contributed by atoms with Crippen molar-refractivity contribution >= 4 is 5.97 Å². The third-order valence-corrected chi connectivity index (χ3v) is 2.62. The minimum atomic E-state index is -1.31. The molecule has 0 amide bonds. The molecule has 0 aliphatic heterocycles. The Morgan fingerprint density at radius 1 is 0.870 bits per heavy atom. The zero-order valence-electron chi connectivity index (χ0n) is 12.8. The van der Waals surface area contributed by atoms with E-state index in [9.17, 15) is 18.0 Å². The predicted octanol–water partition coefficient (Wildman–Crippen LogP) is 2.33. The zero-order valence-corrected chi connectivity index (χ0v) is 12.8. The van der Waals surface area contributed by atoms with Crippen LogP contribution in [0.1, 0.15) is 17.3 Å². The summed E-state index contributed by atoms with van der Waals surface area (Å²) in [6, 6.07) is 0.825. The zero-order chi connectivity index (χ0) is 17.1. The van der Waals surface area contributed by atoms with Crippen LogP contribution in [0.5, 0.6) is 0 Å². The smallest absolute Gasteiger partial charge is 0.344 e. The highest BCUT2D eigenvalue weighted by molar-refractivity contribution is 5.90. The van der Waals surface area contributed by atoms with Crippen LogP contribution in [0.3, 0.4) is 0 Å². The molecule has 23 heavy (non-hydrogen) atoms. The summed E-state index contributed by atoms with van der Waals surface area (Å²) < 4.78 is 59.4. The molecule has 0 aliphatic rings. The lowest BCUT2D eigenvalue weighted by Gasteiger charge is -2.08. The Labute approximate surface area is 132 Å². The highest BCUT2D eigenvalue weighted by Crippen LogP contribution is 2.15. The molecule has 1 aromatic carbocycles. The summed E-state index contributed by atoms with van der Waals surface area (Å²) in [5.41, 5.74) is -0.925. The minimum absolute atomic E-state index is 0.0466. The van der Waals surface area contributed by atoms with Crippen molar-refractivity contribution in [2.45, 2.75) is 6.92 Å². The highest BCUT2D eigenvalue weighted by Gasteiger charge is 2.20. The number of ether oxygens (including phenoxy) is 4. The molecule has 0 bridgehead atoms. The van der Waals surface area contributed by atoms with Gasteiger partial charge in [0.2, 0.25) is 0 Å². The Balaban J connectivity index is 2.16. The van der Waals surface area contributed by atoms with Gasteiger partial charge in [-0.05, 0) is 6.92 Å². The average molecular weight is 336 g/mol. The first-order valence-electron chi connectivity index (χ1n) is 7.11. The fraction of sp³-hybridized carbons (Fsp3) is 0.533. The van der Waals surface area contributed by atoms with Gasteiger partial charge in [-0.1, -0.05) is 0 Å². The number of carbonyl (C=O) groups is 1. The molecular weight excluding hydrogens is 317 g/mol. The van der Waals surface area contributed by atoms with Crippen molar-refractivity contribution in [1.82, 2.24) is 0 Å². The monoisotopic (exact) mass is 336 g/mol. The maximum absolute atomic E-state index is 13.3. The second kappa shape index (κ2) is 11.0. The number of benzene rings is 1. The van der Waals surface area contributed by atoms with Gasteiger partial charge >= 0.3 is 5.97 Å². The summed E-state index contributed by atoms with van der Waals surface area (Å²) in [5, 5.41) is 0. The molecule has 0 saturated heterocycles. The molecule has 0 aromatic heterocycles. The molecule has 5 nitrogen and oxygen atoms in total. The van der Waals surface area contributed by atoms with Gasteiger partial charge in [-0.15, -0.1) is 0 Å². The van der Waals surface area contributed by atoms with Crippen molar-refractivity contribution in [2.24, 2.45) is 0 Å². The second-order valence-electron chi connectivity index (χ2n) is 4.30. The molecular formula is C15H19F3O5. The molecule has 0 saturated carbocycles. The molecule has 0 spiro atoms. The van der Waals surface area contributed by atoms with Gasteiger partial charge < -0.3 is 18.9 Å². The molecule has 1 aromatic rings. The van der Waals surface area contributed by atoms with Crippen LogP contribution >= 0.6 is 0 Å². The third-order valence-electron chi connectivity index (χ3n) is 2.62. The van der Waals surface area contributed by atoms with Crippen molar-refractivity contribution in [3.05, 3.63) is 35.1 Å². The number of hydrogen-bond acceptors (Lipinski definition) is 5. The Morgan fingerprint density at radius 3 is 1.87 bits per heavy atom. The van der Waals surface area contributed by atoms with E-state index in [-0.39, 0.29) is 19.8 Å². The first kappa shape index (κ1) is 19.4. The fourth-order valence-electron chi connectivity index (χ4n) is 1.59. The number of esters is 1. The molecule has 130 valence electrons. The van der Waals surface area contributed by atoms with Gasteiger partial charge in [0.25, 0.3) is 0 Å². The molecule has 0 aliphatic carbocycles. The lowest BCUT2D eigenvalue weighted by Crippen LogP contribution is -2.16. The van der Waals surface area contributed by atoms with E-state index >= 15 is 0 Å². The second-order valence-corrected chi connectivity index (χ2v) is 4.30. The van der Waals surface area contributed by atoms with Gasteiger partial charge in [0, 0.05) is 18.7 Å². The van der Waals surface area contributed by atoms with E-state index < -0.39 is 29.0 Å². The Bertz CT molecular complexity index is 473. The summed E-state index contributed by atoms with van der Waals surface area (Å²) in [5.74, 6) is -4.94. The van der Waals surface area contributed by atoms with Gasteiger partial charge in [-0.3, -0.25) is 0 Å². The predicted molar refractivity (Wildman–Crippen MR) is 74.7 cm³/mol. The van der Waals surface area contributed by atoms with Crippen LogP contribution < -0.4 is 0 Å². The van der Waals surface area contributed by atoms with Crippen molar-refractivity contribution < 1.29 is 36.9 Å². The summed E-state index contributed by atoms with van der Waals surface area (Å²) in [7, 11) is 0. The van der Waals surface area contributed by atoms with Crippen LogP contribution in [0.15, 0.2) is 12.1 Å². The van der Waals surface area contributed by atoms with Crippen LogP contribution in [0.4, 0.5) is 13.2 Å². The standard InChI is InChI=1S/C15H19F3O5/c1-2-20-3-4-21-5-6-22-7-8-23-15(19)14-12(17)9-11(16)10-13(14)18/h9-10H,2-8H2,1H3. The van der Waals surface area contributed by atoms with Crippen LogP contribution in [-0.4, -0.2) is 52.2 Å². The van der Waals surface area contributed by atoms with Gasteiger partial charge in [0.05, 0.1) is 33.0 Å². The van der Waals surface area contributed by atoms with E-state index in [4.69, 9.17) is 14.2 Å². The lowest BCUT2D eigenvalue weighted by molar-refractivity contribution is 0.00153.